The summed E-state index contributed by atoms with van der Waals surface area (Å²) in [6.07, 6.45) is 0. The van der Waals surface area contributed by atoms with Crippen LogP contribution in [0.5, 0.6) is 0 Å². The van der Waals surface area contributed by atoms with Gasteiger partial charge in [0, 0.05) is 38.3 Å². The molecular weight excluding hydrogens is 284 g/mol. The maximum absolute atomic E-state index is 6.43. The molecule has 4 nitrogen and oxygen atoms in total. The molecule has 0 bridgehead atoms. The van der Waals surface area contributed by atoms with Gasteiger partial charge in [-0.15, -0.1) is 0 Å². The average Bonchev–Trinajstić information content (AvgIpc) is 2.56. The van der Waals surface area contributed by atoms with E-state index < -0.39 is 0 Å². The van der Waals surface area contributed by atoms with Gasteiger partial charge in [-0.05, 0) is 26.2 Å². The summed E-state index contributed by atoms with van der Waals surface area (Å²) in [5, 5.41) is 8.94. The molecule has 1 aromatic heterocycles. The largest absolute Gasteiger partial charge is 0.310 e. The van der Waals surface area contributed by atoms with Crippen molar-refractivity contribution in [3.05, 3.63) is 16.4 Å². The molecule has 1 aromatic rings. The van der Waals surface area contributed by atoms with E-state index in [2.05, 4.69) is 49.9 Å². The maximum atomic E-state index is 6.43. The number of aryl methyl sites for hydroxylation is 2. The highest BCUT2D eigenvalue weighted by molar-refractivity contribution is 6.31. The number of piperazine rings is 1. The number of aromatic nitrogens is 2. The van der Waals surface area contributed by atoms with Gasteiger partial charge in [-0.3, -0.25) is 9.58 Å². The van der Waals surface area contributed by atoms with Crippen LogP contribution in [-0.2, 0) is 13.6 Å². The van der Waals surface area contributed by atoms with Crippen LogP contribution in [0.15, 0.2) is 0 Å². The van der Waals surface area contributed by atoms with E-state index in [0.717, 1.165) is 36.0 Å². The Hall–Kier alpha value is -0.580. The summed E-state index contributed by atoms with van der Waals surface area (Å²) in [5.74, 6) is 0. The fourth-order valence-corrected chi connectivity index (χ4v) is 3.13. The van der Waals surface area contributed by atoms with Crippen molar-refractivity contribution in [2.24, 2.45) is 12.5 Å². The Labute approximate surface area is 133 Å². The zero-order valence-electron chi connectivity index (χ0n) is 14.4. The van der Waals surface area contributed by atoms with Gasteiger partial charge in [0.05, 0.1) is 16.4 Å². The number of nitrogens with one attached hydrogen (secondary N) is 1. The lowest BCUT2D eigenvalue weighted by Crippen LogP contribution is -2.64. The number of halogens is 1. The number of hydrogen-bond acceptors (Lipinski definition) is 3. The van der Waals surface area contributed by atoms with E-state index in [9.17, 15) is 0 Å². The predicted octanol–water partition coefficient (Wildman–Crippen LogP) is 2.98. The summed E-state index contributed by atoms with van der Waals surface area (Å²) in [6.45, 7) is 16.3. The van der Waals surface area contributed by atoms with Crippen LogP contribution in [0.3, 0.4) is 0 Å². The molecule has 0 amide bonds. The molecule has 1 saturated heterocycles. The summed E-state index contributed by atoms with van der Waals surface area (Å²) >= 11 is 6.43. The van der Waals surface area contributed by atoms with Crippen LogP contribution < -0.4 is 5.32 Å². The van der Waals surface area contributed by atoms with E-state index in [1.807, 2.05) is 18.7 Å². The van der Waals surface area contributed by atoms with E-state index in [4.69, 9.17) is 11.6 Å². The third-order valence-electron chi connectivity index (χ3n) is 4.69. The first-order valence-electron chi connectivity index (χ1n) is 7.69. The first-order valence-corrected chi connectivity index (χ1v) is 8.06. The lowest BCUT2D eigenvalue weighted by molar-refractivity contribution is 0.0278. The van der Waals surface area contributed by atoms with Gasteiger partial charge in [-0.1, -0.05) is 32.4 Å². The van der Waals surface area contributed by atoms with Crippen molar-refractivity contribution < 1.29 is 0 Å². The molecular formula is C16H29ClN4. The summed E-state index contributed by atoms with van der Waals surface area (Å²) in [6, 6.07) is 0.485. The van der Waals surface area contributed by atoms with E-state index in [-0.39, 0.29) is 11.0 Å². The second-order valence-electron chi connectivity index (χ2n) is 7.96. The molecule has 1 fully saturated rings. The zero-order valence-corrected chi connectivity index (χ0v) is 15.2. The monoisotopic (exact) mass is 312 g/mol. The minimum absolute atomic E-state index is 0.114. The fourth-order valence-electron chi connectivity index (χ4n) is 2.91. The predicted molar refractivity (Wildman–Crippen MR) is 88.7 cm³/mol. The molecule has 0 aliphatic carbocycles. The molecule has 1 unspecified atom stereocenters. The van der Waals surface area contributed by atoms with Crippen molar-refractivity contribution >= 4 is 11.6 Å². The Morgan fingerprint density at radius 1 is 1.38 bits per heavy atom. The average molecular weight is 313 g/mol. The molecule has 1 atom stereocenters. The minimum atomic E-state index is 0.114. The highest BCUT2D eigenvalue weighted by Crippen LogP contribution is 2.30. The Balaban J connectivity index is 2.23. The lowest BCUT2D eigenvalue weighted by atomic mass is 9.83. The molecule has 1 N–H and O–H groups in total. The van der Waals surface area contributed by atoms with Crippen LogP contribution in [0.2, 0.25) is 5.02 Å². The number of nitrogens with zero attached hydrogens (tertiary/aromatic N) is 3. The molecule has 0 radical (unpaired) electrons. The van der Waals surface area contributed by atoms with E-state index in [1.165, 1.54) is 0 Å². The third-order valence-corrected chi connectivity index (χ3v) is 5.18. The highest BCUT2D eigenvalue weighted by atomic mass is 35.5. The topological polar surface area (TPSA) is 33.1 Å². The highest BCUT2D eigenvalue weighted by Gasteiger charge is 2.38. The van der Waals surface area contributed by atoms with Crippen molar-refractivity contribution in [1.29, 1.82) is 0 Å². The molecule has 2 heterocycles. The van der Waals surface area contributed by atoms with Gasteiger partial charge in [-0.2, -0.15) is 5.10 Å². The molecule has 2 rings (SSSR count). The summed E-state index contributed by atoms with van der Waals surface area (Å²) in [7, 11) is 1.98. The van der Waals surface area contributed by atoms with Gasteiger partial charge in [-0.25, -0.2) is 0 Å². The SMILES string of the molecule is Cc1nn(C)c(CN2CC(C(C)(C)C)NCC2(C)C)c1Cl. The Kier molecular flexibility index (Phi) is 4.45. The van der Waals surface area contributed by atoms with Crippen LogP contribution in [0.25, 0.3) is 0 Å². The fraction of sp³-hybridized carbons (Fsp3) is 0.812. The normalized spacial score (nSPS) is 23.5. The lowest BCUT2D eigenvalue weighted by Gasteiger charge is -2.49. The van der Waals surface area contributed by atoms with Crippen molar-refractivity contribution in [1.82, 2.24) is 20.0 Å². The van der Waals surface area contributed by atoms with Crippen LogP contribution in [0.1, 0.15) is 46.0 Å². The first-order chi connectivity index (χ1) is 9.52. The Bertz CT molecular complexity index is 513. The first kappa shape index (κ1) is 16.8. The Morgan fingerprint density at radius 3 is 2.48 bits per heavy atom. The molecule has 1 aliphatic rings. The standard InChI is InChI=1S/C16H29ClN4/c1-11-14(17)12(20(7)19-11)8-21-9-13(15(2,3)4)18-10-16(21,5)6/h13,18H,8-10H2,1-7H3. The molecule has 0 saturated carbocycles. The van der Waals surface area contributed by atoms with Crippen LogP contribution in [0, 0.1) is 12.3 Å². The Morgan fingerprint density at radius 2 is 2.00 bits per heavy atom. The van der Waals surface area contributed by atoms with Crippen molar-refractivity contribution in [2.75, 3.05) is 13.1 Å². The summed E-state index contributed by atoms with van der Waals surface area (Å²) in [4.78, 5) is 2.53. The van der Waals surface area contributed by atoms with Gasteiger partial charge < -0.3 is 5.32 Å². The van der Waals surface area contributed by atoms with Crippen LogP contribution in [0.4, 0.5) is 0 Å². The van der Waals surface area contributed by atoms with Crippen LogP contribution >= 0.6 is 11.6 Å². The molecule has 1 aliphatic heterocycles. The van der Waals surface area contributed by atoms with E-state index >= 15 is 0 Å². The van der Waals surface area contributed by atoms with E-state index in [0.29, 0.717) is 6.04 Å². The van der Waals surface area contributed by atoms with Gasteiger partial charge in [0.15, 0.2) is 0 Å². The molecule has 0 aromatic carbocycles. The zero-order chi connectivity index (χ0) is 16.0. The second kappa shape index (κ2) is 5.56. The van der Waals surface area contributed by atoms with Crippen LogP contribution in [-0.4, -0.2) is 39.4 Å². The van der Waals surface area contributed by atoms with E-state index in [1.54, 1.807) is 0 Å². The van der Waals surface area contributed by atoms with Crippen molar-refractivity contribution in [2.45, 2.75) is 59.7 Å². The van der Waals surface area contributed by atoms with Gasteiger partial charge in [0.1, 0.15) is 0 Å². The number of hydrogen-bond donors (Lipinski definition) is 1. The van der Waals surface area contributed by atoms with Crippen molar-refractivity contribution in [3.63, 3.8) is 0 Å². The van der Waals surface area contributed by atoms with Gasteiger partial charge in [0.2, 0.25) is 0 Å². The number of rotatable bonds is 2. The molecule has 21 heavy (non-hydrogen) atoms. The molecule has 0 spiro atoms. The third kappa shape index (κ3) is 3.43. The quantitative estimate of drug-likeness (QED) is 0.911. The molecule has 5 heteroatoms. The molecule has 120 valence electrons. The summed E-state index contributed by atoms with van der Waals surface area (Å²) in [5.41, 5.74) is 2.38. The van der Waals surface area contributed by atoms with Gasteiger partial charge >= 0.3 is 0 Å². The minimum Gasteiger partial charge on any atom is -0.310 e. The van der Waals surface area contributed by atoms with Gasteiger partial charge in [0.25, 0.3) is 0 Å². The van der Waals surface area contributed by atoms with Crippen molar-refractivity contribution in [3.8, 4) is 0 Å². The smallest absolute Gasteiger partial charge is 0.0860 e. The second-order valence-corrected chi connectivity index (χ2v) is 8.34. The summed E-state index contributed by atoms with van der Waals surface area (Å²) < 4.78 is 1.92. The maximum Gasteiger partial charge on any atom is 0.0860 e.